The molecular weight excluding hydrogens is 238 g/mol. The van der Waals surface area contributed by atoms with Crippen LogP contribution in [0.3, 0.4) is 0 Å². The zero-order valence-electron chi connectivity index (χ0n) is 12.2. The van der Waals surface area contributed by atoms with E-state index in [-0.39, 0.29) is 11.6 Å². The molecule has 0 aliphatic heterocycles. The van der Waals surface area contributed by atoms with Gasteiger partial charge >= 0.3 is 6.09 Å². The van der Waals surface area contributed by atoms with Crippen LogP contribution in [0.4, 0.5) is 4.79 Å². The van der Waals surface area contributed by atoms with Crippen LogP contribution in [0.15, 0.2) is 30.3 Å². The molecule has 3 nitrogen and oxygen atoms in total. The number of alkyl carbamates (subject to hydrolysis) is 1. The van der Waals surface area contributed by atoms with Crippen molar-refractivity contribution in [3.05, 3.63) is 35.9 Å². The lowest BCUT2D eigenvalue weighted by Gasteiger charge is -2.23. The van der Waals surface area contributed by atoms with E-state index < -0.39 is 5.60 Å². The summed E-state index contributed by atoms with van der Waals surface area (Å²) >= 11 is 0. The highest BCUT2D eigenvalue weighted by Crippen LogP contribution is 2.53. The van der Waals surface area contributed by atoms with Gasteiger partial charge in [0.05, 0.1) is 5.54 Å². The molecule has 3 heteroatoms. The van der Waals surface area contributed by atoms with Gasteiger partial charge in [0.25, 0.3) is 0 Å². The van der Waals surface area contributed by atoms with Crippen LogP contribution < -0.4 is 5.32 Å². The number of hydrogen-bond donors (Lipinski definition) is 1. The van der Waals surface area contributed by atoms with Crippen LogP contribution in [0.5, 0.6) is 0 Å². The van der Waals surface area contributed by atoms with Crippen molar-refractivity contribution in [3.63, 3.8) is 0 Å². The lowest BCUT2D eigenvalue weighted by molar-refractivity contribution is 0.0493. The molecule has 1 N–H and O–H groups in total. The van der Waals surface area contributed by atoms with Crippen molar-refractivity contribution in [1.82, 2.24) is 5.32 Å². The second-order valence-electron chi connectivity index (χ2n) is 6.30. The molecule has 104 valence electrons. The van der Waals surface area contributed by atoms with Crippen LogP contribution >= 0.6 is 0 Å². The number of ether oxygens (including phenoxy) is 1. The lowest BCUT2D eigenvalue weighted by Crippen LogP contribution is -2.41. The predicted octanol–water partition coefficient (Wildman–Crippen LogP) is 3.85. The molecule has 1 aliphatic carbocycles. The van der Waals surface area contributed by atoms with Gasteiger partial charge in [-0.2, -0.15) is 0 Å². The minimum atomic E-state index is -0.448. The average molecular weight is 261 g/mol. The third kappa shape index (κ3) is 3.28. The van der Waals surface area contributed by atoms with Crippen molar-refractivity contribution in [2.45, 2.75) is 57.6 Å². The fraction of sp³-hybridized carbons (Fsp3) is 0.562. The van der Waals surface area contributed by atoms with E-state index in [4.69, 9.17) is 4.74 Å². The van der Waals surface area contributed by atoms with Crippen molar-refractivity contribution in [1.29, 1.82) is 0 Å². The number of benzene rings is 1. The summed E-state index contributed by atoms with van der Waals surface area (Å²) in [5.41, 5.74) is 0.722. The summed E-state index contributed by atoms with van der Waals surface area (Å²) in [5.74, 6) is 0.409. The van der Waals surface area contributed by atoms with E-state index in [1.165, 1.54) is 5.56 Å². The molecule has 0 saturated heterocycles. The highest BCUT2D eigenvalue weighted by atomic mass is 16.6. The fourth-order valence-corrected chi connectivity index (χ4v) is 2.55. The molecule has 1 fully saturated rings. The van der Waals surface area contributed by atoms with Crippen molar-refractivity contribution in [3.8, 4) is 0 Å². The molecule has 1 aromatic carbocycles. The molecule has 0 aromatic heterocycles. The molecule has 0 spiro atoms. The molecule has 2 unspecified atom stereocenters. The normalized spacial score (nSPS) is 25.8. The van der Waals surface area contributed by atoms with Gasteiger partial charge in [-0.1, -0.05) is 37.3 Å². The molecule has 0 heterocycles. The van der Waals surface area contributed by atoms with Gasteiger partial charge in [0.2, 0.25) is 0 Å². The maximum absolute atomic E-state index is 11.9. The minimum Gasteiger partial charge on any atom is -0.444 e. The number of nitrogens with one attached hydrogen (secondary N) is 1. The molecule has 0 radical (unpaired) electrons. The first-order valence-corrected chi connectivity index (χ1v) is 6.92. The van der Waals surface area contributed by atoms with Crippen LogP contribution in [0.2, 0.25) is 0 Å². The summed E-state index contributed by atoms with van der Waals surface area (Å²) in [6.07, 6.45) is 1.60. The molecule has 1 aromatic rings. The van der Waals surface area contributed by atoms with Crippen LogP contribution in [-0.2, 0) is 4.74 Å². The third-order valence-corrected chi connectivity index (χ3v) is 3.66. The second-order valence-corrected chi connectivity index (χ2v) is 6.30. The third-order valence-electron chi connectivity index (χ3n) is 3.66. The zero-order valence-corrected chi connectivity index (χ0v) is 12.2. The predicted molar refractivity (Wildman–Crippen MR) is 76.2 cm³/mol. The molecule has 2 rings (SSSR count). The maximum Gasteiger partial charge on any atom is 0.408 e. The SMILES string of the molecule is CCC1(NC(=O)OC(C)(C)C)CC1c1ccccc1. The van der Waals surface area contributed by atoms with Gasteiger partial charge in [-0.15, -0.1) is 0 Å². The van der Waals surface area contributed by atoms with Gasteiger partial charge in [-0.25, -0.2) is 4.79 Å². The molecule has 0 bridgehead atoms. The number of carbonyl (C=O) groups is 1. The van der Waals surface area contributed by atoms with E-state index in [1.807, 2.05) is 39.0 Å². The Morgan fingerprint density at radius 1 is 1.37 bits per heavy atom. The molecule has 1 saturated carbocycles. The van der Waals surface area contributed by atoms with E-state index in [1.54, 1.807) is 0 Å². The molecule has 2 atom stereocenters. The van der Waals surface area contributed by atoms with Crippen LogP contribution in [0.1, 0.15) is 52.0 Å². The van der Waals surface area contributed by atoms with Gasteiger partial charge in [-0.05, 0) is 39.2 Å². The Hall–Kier alpha value is -1.51. The monoisotopic (exact) mass is 261 g/mol. The summed E-state index contributed by atoms with van der Waals surface area (Å²) in [5, 5.41) is 3.06. The van der Waals surface area contributed by atoms with E-state index in [0.717, 1.165) is 12.8 Å². The molecule has 1 amide bonds. The van der Waals surface area contributed by atoms with Crippen LogP contribution in [-0.4, -0.2) is 17.2 Å². The Bertz CT molecular complexity index is 450. The van der Waals surface area contributed by atoms with Crippen molar-refractivity contribution >= 4 is 6.09 Å². The Morgan fingerprint density at radius 2 is 2.00 bits per heavy atom. The number of amides is 1. The Morgan fingerprint density at radius 3 is 2.53 bits per heavy atom. The van der Waals surface area contributed by atoms with Crippen molar-refractivity contribution in [2.24, 2.45) is 0 Å². The number of hydrogen-bond acceptors (Lipinski definition) is 2. The van der Waals surface area contributed by atoms with E-state index in [0.29, 0.717) is 5.92 Å². The molecule has 19 heavy (non-hydrogen) atoms. The Labute approximate surface area is 115 Å². The first-order valence-electron chi connectivity index (χ1n) is 6.92. The lowest BCUT2D eigenvalue weighted by atomic mass is 10.0. The average Bonchev–Trinajstić information content (AvgIpc) is 3.02. The van der Waals surface area contributed by atoms with E-state index in [2.05, 4.69) is 24.4 Å². The summed E-state index contributed by atoms with van der Waals surface area (Å²) in [4.78, 5) is 11.9. The van der Waals surface area contributed by atoms with Gasteiger partial charge < -0.3 is 10.1 Å². The summed E-state index contributed by atoms with van der Waals surface area (Å²) in [6.45, 7) is 7.76. The smallest absolute Gasteiger partial charge is 0.408 e. The van der Waals surface area contributed by atoms with Gasteiger partial charge in [-0.3, -0.25) is 0 Å². The van der Waals surface area contributed by atoms with Crippen molar-refractivity contribution < 1.29 is 9.53 Å². The highest BCUT2D eigenvalue weighted by Gasteiger charge is 2.54. The highest BCUT2D eigenvalue weighted by molar-refractivity contribution is 5.70. The topological polar surface area (TPSA) is 38.3 Å². The van der Waals surface area contributed by atoms with Gasteiger partial charge in [0.1, 0.15) is 5.60 Å². The maximum atomic E-state index is 11.9. The molecule has 1 aliphatic rings. The first kappa shape index (κ1) is 13.9. The number of rotatable bonds is 3. The number of carbonyl (C=O) groups excluding carboxylic acids is 1. The zero-order chi connectivity index (χ0) is 14.1. The summed E-state index contributed by atoms with van der Waals surface area (Å²) in [7, 11) is 0. The van der Waals surface area contributed by atoms with Crippen LogP contribution in [0, 0.1) is 0 Å². The van der Waals surface area contributed by atoms with E-state index in [9.17, 15) is 4.79 Å². The van der Waals surface area contributed by atoms with Gasteiger partial charge in [0.15, 0.2) is 0 Å². The molecular formula is C16H23NO2. The van der Waals surface area contributed by atoms with E-state index >= 15 is 0 Å². The van der Waals surface area contributed by atoms with Crippen molar-refractivity contribution in [2.75, 3.05) is 0 Å². The largest absolute Gasteiger partial charge is 0.444 e. The summed E-state index contributed by atoms with van der Waals surface area (Å²) < 4.78 is 5.35. The summed E-state index contributed by atoms with van der Waals surface area (Å²) in [6, 6.07) is 10.3. The second kappa shape index (κ2) is 4.87. The Balaban J connectivity index is 2.01. The Kier molecular flexibility index (Phi) is 3.57. The minimum absolute atomic E-state index is 0.121. The first-order chi connectivity index (χ1) is 8.86. The standard InChI is InChI=1S/C16H23NO2/c1-5-16(17-14(18)19-15(2,3)4)11-13(16)12-9-7-6-8-10-12/h6-10,13H,5,11H2,1-4H3,(H,17,18). The van der Waals surface area contributed by atoms with Crippen LogP contribution in [0.25, 0.3) is 0 Å². The quantitative estimate of drug-likeness (QED) is 0.897. The fourth-order valence-electron chi connectivity index (χ4n) is 2.55. The van der Waals surface area contributed by atoms with Gasteiger partial charge in [0, 0.05) is 5.92 Å².